The first-order valence-electron chi connectivity index (χ1n) is 8.10. The van der Waals surface area contributed by atoms with Crippen molar-refractivity contribution in [2.24, 2.45) is 0 Å². The molecule has 1 fully saturated rings. The van der Waals surface area contributed by atoms with Crippen molar-refractivity contribution in [3.8, 4) is 0 Å². The molecule has 0 amide bonds. The second kappa shape index (κ2) is 8.23. The molecule has 1 aliphatic rings. The molecular formula is C16H34N2O. The fourth-order valence-corrected chi connectivity index (χ4v) is 3.26. The molecule has 2 unspecified atom stereocenters. The van der Waals surface area contributed by atoms with Gasteiger partial charge in [-0.3, -0.25) is 0 Å². The highest BCUT2D eigenvalue weighted by atomic mass is 16.3. The number of aliphatic hydroxyl groups is 1. The molecule has 0 spiro atoms. The molecule has 0 heterocycles. The van der Waals surface area contributed by atoms with Crippen LogP contribution in [0.3, 0.4) is 0 Å². The molecule has 2 atom stereocenters. The minimum Gasteiger partial charge on any atom is -0.394 e. The van der Waals surface area contributed by atoms with Gasteiger partial charge in [0, 0.05) is 17.6 Å². The normalized spacial score (nSPS) is 22.4. The molecule has 3 nitrogen and oxygen atoms in total. The van der Waals surface area contributed by atoms with Gasteiger partial charge in [-0.1, -0.05) is 26.2 Å². The predicted octanol–water partition coefficient (Wildman–Crippen LogP) is 2.78. The predicted molar refractivity (Wildman–Crippen MR) is 82.5 cm³/mol. The lowest BCUT2D eigenvalue weighted by atomic mass is 9.90. The summed E-state index contributed by atoms with van der Waals surface area (Å²) in [5.74, 6) is 0. The van der Waals surface area contributed by atoms with Crippen molar-refractivity contribution in [2.75, 3.05) is 20.2 Å². The Balaban J connectivity index is 2.48. The SMILES string of the molecule is CCCNC(C)(CO)CC(C)N(C)C1CCCCC1. The molecule has 0 bridgehead atoms. The minimum absolute atomic E-state index is 0.141. The van der Waals surface area contributed by atoms with E-state index in [1.807, 2.05) is 0 Å². The first-order chi connectivity index (χ1) is 9.02. The van der Waals surface area contributed by atoms with Crippen molar-refractivity contribution in [3.63, 3.8) is 0 Å². The summed E-state index contributed by atoms with van der Waals surface area (Å²) in [6, 6.07) is 1.27. The van der Waals surface area contributed by atoms with Gasteiger partial charge in [0.05, 0.1) is 6.61 Å². The van der Waals surface area contributed by atoms with Gasteiger partial charge in [0.15, 0.2) is 0 Å². The minimum atomic E-state index is -0.141. The molecule has 0 aromatic rings. The summed E-state index contributed by atoms with van der Waals surface area (Å²) in [4.78, 5) is 2.54. The van der Waals surface area contributed by atoms with Crippen molar-refractivity contribution in [3.05, 3.63) is 0 Å². The van der Waals surface area contributed by atoms with E-state index in [-0.39, 0.29) is 12.1 Å². The van der Waals surface area contributed by atoms with Crippen LogP contribution in [-0.2, 0) is 0 Å². The maximum absolute atomic E-state index is 9.67. The molecular weight excluding hydrogens is 236 g/mol. The first-order valence-corrected chi connectivity index (χ1v) is 8.10. The van der Waals surface area contributed by atoms with Crippen LogP contribution < -0.4 is 5.32 Å². The van der Waals surface area contributed by atoms with E-state index in [9.17, 15) is 5.11 Å². The largest absolute Gasteiger partial charge is 0.394 e. The number of hydrogen-bond acceptors (Lipinski definition) is 3. The van der Waals surface area contributed by atoms with Gasteiger partial charge in [-0.2, -0.15) is 0 Å². The van der Waals surface area contributed by atoms with E-state index in [1.165, 1.54) is 32.1 Å². The summed E-state index contributed by atoms with van der Waals surface area (Å²) in [6.45, 7) is 7.82. The average Bonchev–Trinajstić information content (AvgIpc) is 2.45. The molecule has 1 saturated carbocycles. The van der Waals surface area contributed by atoms with E-state index in [0.717, 1.165) is 25.4 Å². The Bertz CT molecular complexity index is 241. The monoisotopic (exact) mass is 270 g/mol. The summed E-state index contributed by atoms with van der Waals surface area (Å²) < 4.78 is 0. The average molecular weight is 270 g/mol. The summed E-state index contributed by atoms with van der Waals surface area (Å²) in [7, 11) is 2.26. The second-order valence-corrected chi connectivity index (χ2v) is 6.66. The van der Waals surface area contributed by atoms with E-state index in [1.54, 1.807) is 0 Å². The molecule has 0 aromatic heterocycles. The summed E-state index contributed by atoms with van der Waals surface area (Å²) in [5, 5.41) is 13.2. The van der Waals surface area contributed by atoms with E-state index in [4.69, 9.17) is 0 Å². The molecule has 114 valence electrons. The van der Waals surface area contributed by atoms with Crippen LogP contribution in [0.25, 0.3) is 0 Å². The van der Waals surface area contributed by atoms with E-state index in [2.05, 4.69) is 38.0 Å². The lowest BCUT2D eigenvalue weighted by Gasteiger charge is -2.40. The molecule has 1 aliphatic carbocycles. The molecule has 0 aromatic carbocycles. The van der Waals surface area contributed by atoms with Gasteiger partial charge in [0.1, 0.15) is 0 Å². The fourth-order valence-electron chi connectivity index (χ4n) is 3.26. The van der Waals surface area contributed by atoms with Gasteiger partial charge >= 0.3 is 0 Å². The van der Waals surface area contributed by atoms with Gasteiger partial charge in [0.2, 0.25) is 0 Å². The molecule has 0 aliphatic heterocycles. The highest BCUT2D eigenvalue weighted by Crippen LogP contribution is 2.25. The van der Waals surface area contributed by atoms with Crippen LogP contribution in [-0.4, -0.2) is 47.8 Å². The Morgan fingerprint density at radius 3 is 2.47 bits per heavy atom. The van der Waals surface area contributed by atoms with Crippen LogP contribution >= 0.6 is 0 Å². The molecule has 0 radical (unpaired) electrons. The fraction of sp³-hybridized carbons (Fsp3) is 1.00. The number of nitrogens with zero attached hydrogens (tertiary/aromatic N) is 1. The van der Waals surface area contributed by atoms with Gasteiger partial charge < -0.3 is 15.3 Å². The molecule has 1 rings (SSSR count). The highest BCUT2D eigenvalue weighted by Gasteiger charge is 2.29. The Kier molecular flexibility index (Phi) is 7.33. The number of hydrogen-bond donors (Lipinski definition) is 2. The summed E-state index contributed by atoms with van der Waals surface area (Å²) in [5.41, 5.74) is -0.141. The Morgan fingerprint density at radius 1 is 1.32 bits per heavy atom. The van der Waals surface area contributed by atoms with Crippen LogP contribution in [0, 0.1) is 0 Å². The Hall–Kier alpha value is -0.120. The molecule has 2 N–H and O–H groups in total. The number of rotatable bonds is 8. The number of nitrogens with one attached hydrogen (secondary N) is 1. The molecule has 3 heteroatoms. The third kappa shape index (κ3) is 5.41. The number of aliphatic hydroxyl groups excluding tert-OH is 1. The van der Waals surface area contributed by atoms with Crippen molar-refractivity contribution in [1.29, 1.82) is 0 Å². The maximum Gasteiger partial charge on any atom is 0.0611 e. The standard InChI is InChI=1S/C16H34N2O/c1-5-11-17-16(3,13-19)12-14(2)18(4)15-9-7-6-8-10-15/h14-15,17,19H,5-13H2,1-4H3. The van der Waals surface area contributed by atoms with Crippen molar-refractivity contribution >= 4 is 0 Å². The zero-order chi connectivity index (χ0) is 14.3. The third-order valence-electron chi connectivity index (χ3n) is 4.74. The molecule has 19 heavy (non-hydrogen) atoms. The third-order valence-corrected chi connectivity index (χ3v) is 4.74. The summed E-state index contributed by atoms with van der Waals surface area (Å²) in [6.07, 6.45) is 8.99. The van der Waals surface area contributed by atoms with Crippen LogP contribution in [0.5, 0.6) is 0 Å². The Morgan fingerprint density at radius 2 is 1.95 bits per heavy atom. The Labute approximate surface area is 119 Å². The lowest BCUT2D eigenvalue weighted by Crippen LogP contribution is -2.51. The van der Waals surface area contributed by atoms with Crippen LogP contribution in [0.1, 0.15) is 65.7 Å². The van der Waals surface area contributed by atoms with Crippen molar-refractivity contribution in [2.45, 2.75) is 83.3 Å². The maximum atomic E-state index is 9.67. The van der Waals surface area contributed by atoms with Gasteiger partial charge in [0.25, 0.3) is 0 Å². The van der Waals surface area contributed by atoms with Crippen molar-refractivity contribution < 1.29 is 5.11 Å². The van der Waals surface area contributed by atoms with Gasteiger partial charge in [-0.15, -0.1) is 0 Å². The smallest absolute Gasteiger partial charge is 0.0611 e. The van der Waals surface area contributed by atoms with E-state index >= 15 is 0 Å². The van der Waals surface area contributed by atoms with Crippen LogP contribution in [0.2, 0.25) is 0 Å². The molecule has 0 saturated heterocycles. The zero-order valence-corrected chi connectivity index (χ0v) is 13.4. The summed E-state index contributed by atoms with van der Waals surface area (Å²) >= 11 is 0. The van der Waals surface area contributed by atoms with Crippen molar-refractivity contribution in [1.82, 2.24) is 10.2 Å². The second-order valence-electron chi connectivity index (χ2n) is 6.66. The van der Waals surface area contributed by atoms with E-state index in [0.29, 0.717) is 6.04 Å². The lowest BCUT2D eigenvalue weighted by molar-refractivity contribution is 0.0923. The quantitative estimate of drug-likeness (QED) is 0.712. The van der Waals surface area contributed by atoms with Gasteiger partial charge in [-0.25, -0.2) is 0 Å². The van der Waals surface area contributed by atoms with Crippen LogP contribution in [0.15, 0.2) is 0 Å². The van der Waals surface area contributed by atoms with E-state index < -0.39 is 0 Å². The zero-order valence-electron chi connectivity index (χ0n) is 13.4. The topological polar surface area (TPSA) is 35.5 Å². The van der Waals surface area contributed by atoms with Gasteiger partial charge in [-0.05, 0) is 53.1 Å². The van der Waals surface area contributed by atoms with Crippen LogP contribution in [0.4, 0.5) is 0 Å². The first kappa shape index (κ1) is 16.9. The highest BCUT2D eigenvalue weighted by molar-refractivity contribution is 4.88.